The van der Waals surface area contributed by atoms with Crippen molar-refractivity contribution in [3.63, 3.8) is 0 Å². The van der Waals surface area contributed by atoms with Crippen molar-refractivity contribution in [3.05, 3.63) is 101 Å². The van der Waals surface area contributed by atoms with E-state index in [4.69, 9.17) is 17.3 Å². The lowest BCUT2D eigenvalue weighted by Gasteiger charge is -2.23. The van der Waals surface area contributed by atoms with E-state index in [0.717, 1.165) is 35.5 Å². The normalized spacial score (nSPS) is 15.6. The Hall–Kier alpha value is -2.95. The Morgan fingerprint density at radius 3 is 2.26 bits per heavy atom. The zero-order chi connectivity index (χ0) is 24.1. The van der Waals surface area contributed by atoms with Crippen molar-refractivity contribution < 1.29 is 4.79 Å². The van der Waals surface area contributed by atoms with Gasteiger partial charge in [0.1, 0.15) is 6.54 Å². The van der Waals surface area contributed by atoms with Crippen molar-refractivity contribution in [2.24, 2.45) is 16.6 Å². The molecule has 1 saturated carbocycles. The lowest BCUT2D eigenvalue weighted by molar-refractivity contribution is -0.117. The number of benzodiazepines with no additional fused rings is 1. The second-order valence-electron chi connectivity index (χ2n) is 9.79. The predicted molar refractivity (Wildman–Crippen MR) is 142 cm³/mol. The second-order valence-corrected chi connectivity index (χ2v) is 10.2. The van der Waals surface area contributed by atoms with E-state index in [9.17, 15) is 4.79 Å². The molecule has 0 radical (unpaired) electrons. The van der Waals surface area contributed by atoms with E-state index >= 15 is 0 Å². The van der Waals surface area contributed by atoms with Gasteiger partial charge < -0.3 is 10.6 Å². The number of halogens is 1. The molecule has 2 aliphatic rings. The van der Waals surface area contributed by atoms with Gasteiger partial charge in [-0.15, -0.1) is 0 Å². The van der Waals surface area contributed by atoms with Crippen LogP contribution in [-0.4, -0.2) is 30.2 Å². The topological polar surface area (TPSA) is 58.7 Å². The molecule has 0 aromatic heterocycles. The van der Waals surface area contributed by atoms with Gasteiger partial charge in [-0.1, -0.05) is 72.3 Å². The van der Waals surface area contributed by atoms with Gasteiger partial charge in [0.05, 0.1) is 11.4 Å². The van der Waals surface area contributed by atoms with Gasteiger partial charge in [0.25, 0.3) is 0 Å². The first-order chi connectivity index (χ1) is 16.3. The SMILES string of the molecule is CC(C)(N)Cc1ccccc1.O=C1CN=C(c2ccccc2)c2cc(Cl)ccc2N1CC1CC1. The van der Waals surface area contributed by atoms with Crippen molar-refractivity contribution in [1.29, 1.82) is 0 Å². The molecule has 0 spiro atoms. The number of hydrogen-bond donors (Lipinski definition) is 1. The molecule has 3 aromatic carbocycles. The minimum absolute atomic E-state index is 0.0615. The zero-order valence-corrected chi connectivity index (χ0v) is 20.6. The number of nitrogens with two attached hydrogens (primary N) is 1. The number of benzene rings is 3. The van der Waals surface area contributed by atoms with Gasteiger partial charge >= 0.3 is 0 Å². The van der Waals surface area contributed by atoms with Crippen LogP contribution in [0.15, 0.2) is 83.9 Å². The van der Waals surface area contributed by atoms with Crippen LogP contribution in [0.25, 0.3) is 0 Å². The standard InChI is InChI=1S/C19H17ClN2O.C10H15N/c20-15-8-9-17-16(10-15)19(14-4-2-1-3-5-14)21-11-18(23)22(17)12-13-6-7-13;1-10(2,11)8-9-6-4-3-5-7-9/h1-5,8-10,13H,6-7,11-12H2;3-7H,8,11H2,1-2H3. The Morgan fingerprint density at radius 2 is 1.65 bits per heavy atom. The van der Waals surface area contributed by atoms with Crippen LogP contribution >= 0.6 is 11.6 Å². The molecule has 1 aliphatic carbocycles. The first-order valence-electron chi connectivity index (χ1n) is 11.8. The Morgan fingerprint density at radius 1 is 1.00 bits per heavy atom. The van der Waals surface area contributed by atoms with Gasteiger partial charge in [-0.25, -0.2) is 0 Å². The number of amides is 1. The van der Waals surface area contributed by atoms with Crippen LogP contribution in [-0.2, 0) is 11.2 Å². The van der Waals surface area contributed by atoms with Crippen LogP contribution in [0, 0.1) is 5.92 Å². The summed E-state index contributed by atoms with van der Waals surface area (Å²) in [5, 5.41) is 0.660. The molecule has 3 aromatic rings. The predicted octanol–water partition coefficient (Wildman–Crippen LogP) is 5.90. The monoisotopic (exact) mass is 473 g/mol. The molecular weight excluding hydrogens is 442 g/mol. The van der Waals surface area contributed by atoms with Crippen LogP contribution in [0.4, 0.5) is 5.69 Å². The largest absolute Gasteiger partial charge is 0.325 e. The first kappa shape index (κ1) is 24.2. The summed E-state index contributed by atoms with van der Waals surface area (Å²) in [5.74, 6) is 0.687. The van der Waals surface area contributed by atoms with Crippen molar-refractivity contribution in [3.8, 4) is 0 Å². The fourth-order valence-electron chi connectivity index (χ4n) is 4.11. The Kier molecular flexibility index (Phi) is 7.50. The molecule has 176 valence electrons. The van der Waals surface area contributed by atoms with Crippen LogP contribution < -0.4 is 10.6 Å². The highest BCUT2D eigenvalue weighted by Crippen LogP contribution is 2.35. The Bertz CT molecular complexity index is 1150. The van der Waals surface area contributed by atoms with Crippen molar-refractivity contribution in [1.82, 2.24) is 0 Å². The number of nitrogens with zero attached hydrogens (tertiary/aromatic N) is 2. The summed E-state index contributed by atoms with van der Waals surface area (Å²) in [5.41, 5.74) is 10.8. The summed E-state index contributed by atoms with van der Waals surface area (Å²) in [6.07, 6.45) is 3.35. The molecule has 0 atom stereocenters. The van der Waals surface area contributed by atoms with Crippen molar-refractivity contribution in [2.75, 3.05) is 18.0 Å². The van der Waals surface area contributed by atoms with Crippen molar-refractivity contribution >= 4 is 28.9 Å². The molecule has 0 saturated heterocycles. The summed E-state index contributed by atoms with van der Waals surface area (Å²) in [7, 11) is 0. The smallest absolute Gasteiger partial charge is 0.248 e. The summed E-state index contributed by atoms with van der Waals surface area (Å²) in [6, 6.07) is 26.0. The molecule has 2 N–H and O–H groups in total. The quantitative estimate of drug-likeness (QED) is 0.501. The maximum atomic E-state index is 12.6. The highest BCUT2D eigenvalue weighted by atomic mass is 35.5. The fraction of sp³-hybridized carbons (Fsp3) is 0.310. The van der Waals surface area contributed by atoms with E-state index in [2.05, 4.69) is 17.1 Å². The number of aliphatic imine (C=N–C) groups is 1. The van der Waals surface area contributed by atoms with Gasteiger partial charge in [-0.3, -0.25) is 9.79 Å². The van der Waals surface area contributed by atoms with E-state index in [0.29, 0.717) is 10.9 Å². The molecule has 1 aliphatic heterocycles. The minimum Gasteiger partial charge on any atom is -0.325 e. The number of hydrogen-bond acceptors (Lipinski definition) is 3. The van der Waals surface area contributed by atoms with Crippen molar-refractivity contribution in [2.45, 2.75) is 38.6 Å². The molecule has 0 unspecified atom stereocenters. The molecule has 0 bridgehead atoms. The lowest BCUT2D eigenvalue weighted by atomic mass is 9.96. The average Bonchev–Trinajstić information content (AvgIpc) is 3.64. The Labute approximate surface area is 207 Å². The third-order valence-electron chi connectivity index (χ3n) is 5.87. The molecular formula is C29H32ClN3O. The lowest BCUT2D eigenvalue weighted by Crippen LogP contribution is -2.34. The van der Waals surface area contributed by atoms with Gasteiger partial charge in [0.15, 0.2) is 0 Å². The molecule has 1 amide bonds. The fourth-order valence-corrected chi connectivity index (χ4v) is 4.28. The molecule has 4 nitrogen and oxygen atoms in total. The van der Waals surface area contributed by atoms with E-state index in [1.807, 2.05) is 85.5 Å². The summed E-state index contributed by atoms with van der Waals surface area (Å²) in [6.45, 7) is 5.05. The maximum absolute atomic E-state index is 12.6. The minimum atomic E-state index is -0.0959. The van der Waals surface area contributed by atoms with E-state index in [-0.39, 0.29) is 18.0 Å². The third-order valence-corrected chi connectivity index (χ3v) is 6.10. The summed E-state index contributed by atoms with van der Waals surface area (Å²) in [4.78, 5) is 19.1. The molecule has 1 heterocycles. The highest BCUT2D eigenvalue weighted by Gasteiger charge is 2.31. The molecule has 34 heavy (non-hydrogen) atoms. The van der Waals surface area contributed by atoms with E-state index in [1.165, 1.54) is 18.4 Å². The number of carbonyl (C=O) groups excluding carboxylic acids is 1. The van der Waals surface area contributed by atoms with Gasteiger partial charge in [0, 0.05) is 28.2 Å². The second kappa shape index (κ2) is 10.5. The summed E-state index contributed by atoms with van der Waals surface area (Å²) < 4.78 is 0. The Balaban J connectivity index is 0.000000210. The molecule has 5 rings (SSSR count). The van der Waals surface area contributed by atoms with Crippen LogP contribution in [0.1, 0.15) is 43.4 Å². The molecule has 1 fully saturated rings. The number of carbonyl (C=O) groups is 1. The zero-order valence-electron chi connectivity index (χ0n) is 19.9. The number of anilines is 1. The number of fused-ring (bicyclic) bond motifs is 1. The number of rotatable bonds is 5. The van der Waals surface area contributed by atoms with Gasteiger partial charge in [-0.2, -0.15) is 0 Å². The average molecular weight is 474 g/mol. The van der Waals surface area contributed by atoms with Crippen LogP contribution in [0.5, 0.6) is 0 Å². The van der Waals surface area contributed by atoms with Gasteiger partial charge in [0.2, 0.25) is 5.91 Å². The highest BCUT2D eigenvalue weighted by molar-refractivity contribution is 6.32. The maximum Gasteiger partial charge on any atom is 0.248 e. The molecule has 5 heteroatoms. The summed E-state index contributed by atoms with van der Waals surface area (Å²) >= 11 is 6.23. The van der Waals surface area contributed by atoms with Crippen LogP contribution in [0.3, 0.4) is 0 Å². The van der Waals surface area contributed by atoms with E-state index < -0.39 is 0 Å². The first-order valence-corrected chi connectivity index (χ1v) is 12.2. The van der Waals surface area contributed by atoms with Gasteiger partial charge in [-0.05, 0) is 62.8 Å². The van der Waals surface area contributed by atoms with Crippen LogP contribution in [0.2, 0.25) is 5.02 Å². The third kappa shape index (κ3) is 6.55. The van der Waals surface area contributed by atoms with E-state index in [1.54, 1.807) is 0 Å².